The van der Waals surface area contributed by atoms with Crippen LogP contribution < -0.4 is 10.6 Å². The van der Waals surface area contributed by atoms with Crippen molar-refractivity contribution in [3.63, 3.8) is 0 Å². The van der Waals surface area contributed by atoms with Crippen molar-refractivity contribution < 1.29 is 33.4 Å². The third kappa shape index (κ3) is 13.4. The van der Waals surface area contributed by atoms with Crippen LogP contribution in [0.15, 0.2) is 78.9 Å². The van der Waals surface area contributed by atoms with Gasteiger partial charge in [0.05, 0.1) is 21.9 Å². The van der Waals surface area contributed by atoms with Gasteiger partial charge in [-0.3, -0.25) is 4.55 Å². The van der Waals surface area contributed by atoms with E-state index in [1.165, 1.54) is 5.56 Å². The molecule has 0 radical (unpaired) electrons. The van der Waals surface area contributed by atoms with Gasteiger partial charge >= 0.3 is 0 Å². The summed E-state index contributed by atoms with van der Waals surface area (Å²) in [5, 5.41) is 5.55. The molecule has 196 valence electrons. The van der Waals surface area contributed by atoms with Gasteiger partial charge in [0.15, 0.2) is 0 Å². The van der Waals surface area contributed by atoms with E-state index in [1.807, 2.05) is 37.4 Å². The molecule has 35 heavy (non-hydrogen) atoms. The van der Waals surface area contributed by atoms with Gasteiger partial charge in [-0.15, -0.1) is 35.9 Å². The van der Waals surface area contributed by atoms with Crippen LogP contribution in [0, 0.1) is 6.07 Å². The smallest absolute Gasteiger partial charge is 0.261 e. The average Bonchev–Trinajstić information content (AvgIpc) is 2.72. The van der Waals surface area contributed by atoms with Crippen LogP contribution in [0.5, 0.6) is 0 Å². The van der Waals surface area contributed by atoms with Crippen LogP contribution in [0.3, 0.4) is 0 Å². The fourth-order valence-corrected chi connectivity index (χ4v) is 8.60. The van der Waals surface area contributed by atoms with Crippen molar-refractivity contribution in [2.75, 3.05) is 18.6 Å². The molecule has 0 saturated heterocycles. The summed E-state index contributed by atoms with van der Waals surface area (Å²) in [6.45, 7) is 14.2. The zero-order chi connectivity index (χ0) is 26.0. The molecular weight excluding hydrogens is 568 g/mol. The third-order valence-electron chi connectivity index (χ3n) is 4.76. The van der Waals surface area contributed by atoms with Gasteiger partial charge in [-0.2, -0.15) is 8.42 Å². The quantitative estimate of drug-likeness (QED) is 0.148. The monoisotopic (exact) mass is 607 g/mol. The van der Waals surface area contributed by atoms with Crippen molar-refractivity contribution in [1.29, 1.82) is 0 Å². The van der Waals surface area contributed by atoms with Gasteiger partial charge in [0.1, 0.15) is 0 Å². The summed E-state index contributed by atoms with van der Waals surface area (Å²) in [6.07, 6.45) is 0.715. The van der Waals surface area contributed by atoms with Crippen molar-refractivity contribution >= 4 is 29.0 Å². The summed E-state index contributed by atoms with van der Waals surface area (Å²) in [7, 11) is -2.29. The molecule has 0 heterocycles. The fraction of sp³-hybridized carbons (Fsp3) is 0.357. The summed E-state index contributed by atoms with van der Waals surface area (Å²) in [6, 6.07) is 30.5. The molecule has 0 unspecified atom stereocenters. The predicted molar refractivity (Wildman–Crippen MR) is 152 cm³/mol. The first-order valence-corrected chi connectivity index (χ1v) is 14.6. The molecule has 0 aliphatic rings. The van der Waals surface area contributed by atoms with E-state index in [4.69, 9.17) is 4.55 Å². The number of para-hydroxylation sites is 1. The van der Waals surface area contributed by atoms with Crippen LogP contribution in [0.1, 0.15) is 41.5 Å². The largest absolute Gasteiger partial charge is 0.395 e. The van der Waals surface area contributed by atoms with Crippen molar-refractivity contribution in [3.8, 4) is 11.1 Å². The molecule has 2 N–H and O–H groups in total. The Morgan fingerprint density at radius 1 is 0.800 bits per heavy atom. The molecule has 4 nitrogen and oxygen atoms in total. The van der Waals surface area contributed by atoms with Gasteiger partial charge in [0.25, 0.3) is 10.1 Å². The first-order valence-electron chi connectivity index (χ1n) is 11.2. The Balaban J connectivity index is 0.000000543. The van der Waals surface area contributed by atoms with E-state index in [-0.39, 0.29) is 20.4 Å². The first kappa shape index (κ1) is 33.5. The van der Waals surface area contributed by atoms with Gasteiger partial charge in [-0.1, -0.05) is 42.0 Å². The molecule has 0 aliphatic carbocycles. The molecule has 0 atom stereocenters. The zero-order valence-electron chi connectivity index (χ0n) is 22.0. The van der Waals surface area contributed by atoms with Crippen LogP contribution in [-0.4, -0.2) is 36.6 Å². The van der Waals surface area contributed by atoms with E-state index >= 15 is 0 Å². The van der Waals surface area contributed by atoms with Crippen molar-refractivity contribution in [1.82, 2.24) is 0 Å². The standard InChI is InChI=1S/C14H23P.C13H12N.CH4O3S.Pd/c1-13(2,3)15(14(4,5)6)12-10-8-7-9-11-12;1-14-13-10-6-5-9-12(13)11-7-3-2-4-8-11;1-5(2,3)4;/h7-11H,1-6H3;2-7,9-10,14H,1H3;1H3,(H,2,3,4);/q;-1;;/p+1. The number of nitrogens with one attached hydrogen (secondary N) is 1. The van der Waals surface area contributed by atoms with Crippen molar-refractivity contribution in [2.24, 2.45) is 0 Å². The SMILES string of the molecule is CC(C)(C)[PH+](c1ccccc1)C(C)(C)C.CNc1ccccc1-c1[c-]cccc1.CS(=O)(=O)O.[Pd]. The third-order valence-corrected chi connectivity index (χ3v) is 8.67. The predicted octanol–water partition coefficient (Wildman–Crippen LogP) is 6.82. The molecule has 0 aliphatic heterocycles. The van der Waals surface area contributed by atoms with E-state index < -0.39 is 18.0 Å². The Kier molecular flexibility index (Phi) is 14.2. The molecule has 3 rings (SSSR count). The minimum absolute atomic E-state index is 0. The maximum absolute atomic E-state index is 9.19. The molecule has 0 fully saturated rings. The number of rotatable bonds is 3. The molecule has 3 aromatic carbocycles. The topological polar surface area (TPSA) is 66.4 Å². The number of hydrogen-bond acceptors (Lipinski definition) is 3. The van der Waals surface area contributed by atoms with Crippen LogP contribution in [0.25, 0.3) is 11.1 Å². The van der Waals surface area contributed by atoms with Crippen molar-refractivity contribution in [2.45, 2.75) is 51.9 Å². The van der Waals surface area contributed by atoms with E-state index in [2.05, 4.69) is 101 Å². The summed E-state index contributed by atoms with van der Waals surface area (Å²) in [4.78, 5) is 0. The maximum Gasteiger partial charge on any atom is 0.261 e. The average molecular weight is 608 g/mol. The van der Waals surface area contributed by atoms with Gasteiger partial charge in [-0.05, 0) is 65.4 Å². The number of benzene rings is 3. The normalized spacial score (nSPS) is 11.3. The second-order valence-corrected chi connectivity index (χ2v) is 15.8. The Morgan fingerprint density at radius 2 is 1.26 bits per heavy atom. The fourth-order valence-electron chi connectivity index (χ4n) is 4.09. The summed E-state index contributed by atoms with van der Waals surface area (Å²) < 4.78 is 25.9. The number of anilines is 1. The van der Waals surface area contributed by atoms with Gasteiger partial charge in [-0.25, -0.2) is 0 Å². The van der Waals surface area contributed by atoms with E-state index in [0.717, 1.165) is 11.3 Å². The molecule has 0 bridgehead atoms. The van der Waals surface area contributed by atoms with Crippen LogP contribution in [0.2, 0.25) is 0 Å². The van der Waals surface area contributed by atoms with E-state index in [9.17, 15) is 8.42 Å². The Labute approximate surface area is 228 Å². The molecule has 7 heteroatoms. The molecule has 0 aromatic heterocycles. The van der Waals surface area contributed by atoms with E-state index in [1.54, 1.807) is 5.30 Å². The second-order valence-electron chi connectivity index (χ2n) is 10.0. The minimum atomic E-state index is -3.67. The maximum atomic E-state index is 9.19. The van der Waals surface area contributed by atoms with Crippen LogP contribution >= 0.6 is 7.92 Å². The van der Waals surface area contributed by atoms with Gasteiger partial charge in [0, 0.05) is 35.4 Å². The van der Waals surface area contributed by atoms with Gasteiger partial charge < -0.3 is 5.32 Å². The minimum Gasteiger partial charge on any atom is -0.395 e. The van der Waals surface area contributed by atoms with Crippen LogP contribution in [0.4, 0.5) is 5.69 Å². The molecule has 0 amide bonds. The van der Waals surface area contributed by atoms with Crippen molar-refractivity contribution in [3.05, 3.63) is 84.9 Å². The Hall–Kier alpha value is -1.54. The summed E-state index contributed by atoms with van der Waals surface area (Å²) in [5.41, 5.74) is 3.45. The van der Waals surface area contributed by atoms with E-state index in [0.29, 0.717) is 16.6 Å². The van der Waals surface area contributed by atoms with Gasteiger partial charge in [0.2, 0.25) is 0 Å². The number of hydrogen-bond donors (Lipinski definition) is 2. The molecule has 0 saturated carbocycles. The summed E-state index contributed by atoms with van der Waals surface area (Å²) in [5.74, 6) is 0. The van der Waals surface area contributed by atoms with Crippen LogP contribution in [-0.2, 0) is 30.5 Å². The molecule has 0 spiro atoms. The Morgan fingerprint density at radius 3 is 1.69 bits per heavy atom. The summed E-state index contributed by atoms with van der Waals surface area (Å²) >= 11 is 0. The second kappa shape index (κ2) is 14.9. The Bertz CT molecular complexity index is 1070. The molecular formula is C28H40NO3PPdS. The zero-order valence-corrected chi connectivity index (χ0v) is 25.4. The first-order chi connectivity index (χ1) is 15.6. The molecule has 3 aromatic rings.